The van der Waals surface area contributed by atoms with Crippen molar-refractivity contribution in [1.29, 1.82) is 0 Å². The second kappa shape index (κ2) is 6.04. The summed E-state index contributed by atoms with van der Waals surface area (Å²) in [7, 11) is 0. The minimum absolute atomic E-state index is 0.0533. The summed E-state index contributed by atoms with van der Waals surface area (Å²) >= 11 is 0. The molecule has 0 bridgehead atoms. The van der Waals surface area contributed by atoms with Gasteiger partial charge in [0, 0.05) is 32.5 Å². The Bertz CT molecular complexity index is 379. The Morgan fingerprint density at radius 1 is 1.37 bits per heavy atom. The zero-order chi connectivity index (χ0) is 13.8. The molecule has 6 nitrogen and oxygen atoms in total. The molecule has 106 valence electrons. The molecule has 0 aromatic carbocycles. The molecule has 1 atom stereocenters. The van der Waals surface area contributed by atoms with Crippen LogP contribution in [0.2, 0.25) is 0 Å². The summed E-state index contributed by atoms with van der Waals surface area (Å²) < 4.78 is 0. The predicted molar refractivity (Wildman–Crippen MR) is 67.3 cm³/mol. The normalized spacial score (nSPS) is 22.6. The van der Waals surface area contributed by atoms with Crippen molar-refractivity contribution in [1.82, 2.24) is 10.2 Å². The Hall–Kier alpha value is -1.59. The zero-order valence-electron chi connectivity index (χ0n) is 10.9. The lowest BCUT2D eigenvalue weighted by molar-refractivity contribution is -0.137. The van der Waals surface area contributed by atoms with E-state index in [1.807, 2.05) is 0 Å². The number of nitrogens with zero attached hydrogens (tertiary/aromatic N) is 1. The van der Waals surface area contributed by atoms with Crippen LogP contribution in [0.25, 0.3) is 0 Å². The van der Waals surface area contributed by atoms with Crippen molar-refractivity contribution in [2.75, 3.05) is 19.6 Å². The number of amides is 2. The minimum Gasteiger partial charge on any atom is -0.481 e. The lowest BCUT2D eigenvalue weighted by atomic mass is 10.1. The first-order valence-electron chi connectivity index (χ1n) is 6.83. The third-order valence-electron chi connectivity index (χ3n) is 3.63. The van der Waals surface area contributed by atoms with E-state index in [0.717, 1.165) is 6.54 Å². The van der Waals surface area contributed by atoms with E-state index in [1.165, 1.54) is 12.8 Å². The molecule has 0 aromatic heterocycles. The number of rotatable bonds is 7. The van der Waals surface area contributed by atoms with E-state index < -0.39 is 5.97 Å². The molecule has 0 aromatic rings. The summed E-state index contributed by atoms with van der Waals surface area (Å²) in [6.45, 7) is 1.67. The predicted octanol–water partition coefficient (Wildman–Crippen LogP) is 0.226. The fourth-order valence-corrected chi connectivity index (χ4v) is 2.33. The first-order chi connectivity index (χ1) is 9.06. The van der Waals surface area contributed by atoms with Crippen molar-refractivity contribution in [3.8, 4) is 0 Å². The Kier molecular flexibility index (Phi) is 4.39. The number of carbonyl (C=O) groups excluding carboxylic acids is 2. The minimum atomic E-state index is -0.860. The molecule has 2 rings (SSSR count). The number of carboxylic acids is 1. The number of carbonyl (C=O) groups is 3. The summed E-state index contributed by atoms with van der Waals surface area (Å²) in [5, 5.41) is 11.2. The van der Waals surface area contributed by atoms with E-state index in [4.69, 9.17) is 5.11 Å². The van der Waals surface area contributed by atoms with Gasteiger partial charge in [-0.05, 0) is 25.2 Å². The lowest BCUT2D eigenvalue weighted by Crippen LogP contribution is -2.34. The van der Waals surface area contributed by atoms with Crippen molar-refractivity contribution in [3.63, 3.8) is 0 Å². The summed E-state index contributed by atoms with van der Waals surface area (Å²) in [5.41, 5.74) is 0. The highest BCUT2D eigenvalue weighted by molar-refractivity contribution is 5.89. The van der Waals surface area contributed by atoms with Gasteiger partial charge in [-0.3, -0.25) is 14.4 Å². The highest BCUT2D eigenvalue weighted by Gasteiger charge is 2.36. The van der Waals surface area contributed by atoms with E-state index >= 15 is 0 Å². The van der Waals surface area contributed by atoms with Gasteiger partial charge in [0.15, 0.2) is 0 Å². The molecular weight excluding hydrogens is 248 g/mol. The van der Waals surface area contributed by atoms with Gasteiger partial charge >= 0.3 is 5.97 Å². The van der Waals surface area contributed by atoms with Crippen molar-refractivity contribution in [2.45, 2.75) is 32.1 Å². The lowest BCUT2D eigenvalue weighted by Gasteiger charge is -2.15. The maximum absolute atomic E-state index is 11.8. The summed E-state index contributed by atoms with van der Waals surface area (Å²) in [4.78, 5) is 35.7. The Morgan fingerprint density at radius 3 is 2.74 bits per heavy atom. The Labute approximate surface area is 112 Å². The third kappa shape index (κ3) is 4.22. The molecule has 2 aliphatic rings. The van der Waals surface area contributed by atoms with Gasteiger partial charge in [-0.15, -0.1) is 0 Å². The van der Waals surface area contributed by atoms with E-state index in [1.54, 1.807) is 4.90 Å². The van der Waals surface area contributed by atoms with Crippen LogP contribution in [0.3, 0.4) is 0 Å². The van der Waals surface area contributed by atoms with Gasteiger partial charge in [-0.25, -0.2) is 0 Å². The van der Waals surface area contributed by atoms with E-state index in [0.29, 0.717) is 25.4 Å². The Balaban J connectivity index is 1.68. The van der Waals surface area contributed by atoms with Crippen LogP contribution in [0, 0.1) is 11.8 Å². The summed E-state index contributed by atoms with van der Waals surface area (Å²) in [5.74, 6) is -0.548. The molecular formula is C13H20N2O4. The molecule has 1 saturated carbocycles. The van der Waals surface area contributed by atoms with E-state index in [9.17, 15) is 14.4 Å². The third-order valence-corrected chi connectivity index (χ3v) is 3.63. The molecule has 19 heavy (non-hydrogen) atoms. The van der Waals surface area contributed by atoms with Crippen molar-refractivity contribution in [2.24, 2.45) is 11.8 Å². The SMILES string of the molecule is O=C(O)CCCNC(=O)C1CC(=O)N(CC2CC2)C1. The standard InChI is InChI=1S/C13H20N2O4/c16-11-6-10(8-15(11)7-9-3-4-9)13(19)14-5-1-2-12(17)18/h9-10H,1-8H2,(H,14,19)(H,17,18). The molecule has 2 N–H and O–H groups in total. The number of likely N-dealkylation sites (tertiary alicyclic amines) is 1. The van der Waals surface area contributed by atoms with E-state index in [-0.39, 0.29) is 30.6 Å². The van der Waals surface area contributed by atoms with Gasteiger partial charge in [0.2, 0.25) is 11.8 Å². The topological polar surface area (TPSA) is 86.7 Å². The first kappa shape index (κ1) is 13.8. The van der Waals surface area contributed by atoms with Crippen LogP contribution in [-0.4, -0.2) is 47.4 Å². The molecule has 6 heteroatoms. The van der Waals surface area contributed by atoms with Crippen LogP contribution < -0.4 is 5.32 Å². The largest absolute Gasteiger partial charge is 0.481 e. The van der Waals surface area contributed by atoms with Crippen LogP contribution in [-0.2, 0) is 14.4 Å². The fraction of sp³-hybridized carbons (Fsp3) is 0.769. The van der Waals surface area contributed by atoms with Crippen molar-refractivity contribution >= 4 is 17.8 Å². The molecule has 1 heterocycles. The molecule has 1 aliphatic carbocycles. The number of hydrogen-bond acceptors (Lipinski definition) is 3. The quantitative estimate of drug-likeness (QED) is 0.647. The second-order valence-electron chi connectivity index (χ2n) is 5.43. The fourth-order valence-electron chi connectivity index (χ4n) is 2.33. The van der Waals surface area contributed by atoms with Gasteiger partial charge in [-0.1, -0.05) is 0 Å². The van der Waals surface area contributed by atoms with Crippen LogP contribution in [0.1, 0.15) is 32.1 Å². The molecule has 0 radical (unpaired) electrons. The van der Waals surface area contributed by atoms with Gasteiger partial charge < -0.3 is 15.3 Å². The van der Waals surface area contributed by atoms with Crippen LogP contribution in [0.5, 0.6) is 0 Å². The molecule has 1 unspecified atom stereocenters. The Morgan fingerprint density at radius 2 is 2.11 bits per heavy atom. The average molecular weight is 268 g/mol. The van der Waals surface area contributed by atoms with Gasteiger partial charge in [-0.2, -0.15) is 0 Å². The monoisotopic (exact) mass is 268 g/mol. The van der Waals surface area contributed by atoms with Crippen molar-refractivity contribution < 1.29 is 19.5 Å². The van der Waals surface area contributed by atoms with Crippen LogP contribution in [0.15, 0.2) is 0 Å². The highest BCUT2D eigenvalue weighted by atomic mass is 16.4. The van der Waals surface area contributed by atoms with E-state index in [2.05, 4.69) is 5.32 Å². The molecule has 0 spiro atoms. The first-order valence-corrected chi connectivity index (χ1v) is 6.83. The number of aliphatic carboxylic acids is 1. The van der Waals surface area contributed by atoms with Crippen LogP contribution in [0.4, 0.5) is 0 Å². The maximum atomic E-state index is 11.8. The molecule has 1 saturated heterocycles. The van der Waals surface area contributed by atoms with Crippen molar-refractivity contribution in [3.05, 3.63) is 0 Å². The summed E-state index contributed by atoms with van der Waals surface area (Å²) in [6, 6.07) is 0. The average Bonchev–Trinajstić information content (AvgIpc) is 3.08. The van der Waals surface area contributed by atoms with Gasteiger partial charge in [0.1, 0.15) is 0 Å². The molecule has 2 fully saturated rings. The van der Waals surface area contributed by atoms with Crippen LogP contribution >= 0.6 is 0 Å². The molecule has 1 aliphatic heterocycles. The highest BCUT2D eigenvalue weighted by Crippen LogP contribution is 2.31. The number of carboxylic acid groups (broad SMARTS) is 1. The summed E-state index contributed by atoms with van der Waals surface area (Å²) in [6.07, 6.45) is 3.15. The second-order valence-corrected chi connectivity index (χ2v) is 5.43. The number of nitrogens with one attached hydrogen (secondary N) is 1. The zero-order valence-corrected chi connectivity index (χ0v) is 10.9. The van der Waals surface area contributed by atoms with Gasteiger partial charge in [0.05, 0.1) is 5.92 Å². The number of hydrogen-bond donors (Lipinski definition) is 2. The maximum Gasteiger partial charge on any atom is 0.303 e. The molecule has 2 amide bonds. The smallest absolute Gasteiger partial charge is 0.303 e. The van der Waals surface area contributed by atoms with Gasteiger partial charge in [0.25, 0.3) is 0 Å².